The van der Waals surface area contributed by atoms with E-state index in [1.165, 1.54) is 4.90 Å². The number of anilines is 1. The van der Waals surface area contributed by atoms with Gasteiger partial charge in [-0.2, -0.15) is 0 Å². The summed E-state index contributed by atoms with van der Waals surface area (Å²) in [6, 6.07) is -1.17. The summed E-state index contributed by atoms with van der Waals surface area (Å²) in [5.74, 6) is -1.83. The number of nitrogen functional groups attached to an aromatic ring is 1. The lowest BCUT2D eigenvalue weighted by molar-refractivity contribution is -0.156. The van der Waals surface area contributed by atoms with Gasteiger partial charge in [-0.3, -0.25) is 14.6 Å². The van der Waals surface area contributed by atoms with E-state index in [1.807, 2.05) is 0 Å². The van der Waals surface area contributed by atoms with Crippen molar-refractivity contribution in [2.45, 2.75) is 22.8 Å². The summed E-state index contributed by atoms with van der Waals surface area (Å²) in [6.45, 7) is 0.210. The summed E-state index contributed by atoms with van der Waals surface area (Å²) >= 11 is 2.24. The van der Waals surface area contributed by atoms with Crippen LogP contribution >= 0.6 is 23.1 Å². The number of allylic oxidation sites excluding steroid dienone is 1. The standard InChI is InChI=1S/C12H11N5O5S2/c13-10-14-15-11(24-10)23-4-1-3-2-16(12(21)22)7-5(3)17(8(7)18)6(4)9(19)20/h3,5,7H,1-2H2,(H2,13,14)(H,19,20)(H,21,22)/t3-,5-,7+/m1/s1. The monoisotopic (exact) mass is 369 g/mol. The van der Waals surface area contributed by atoms with Crippen LogP contribution in [0.4, 0.5) is 9.93 Å². The number of amides is 2. The number of carboxylic acid groups (broad SMARTS) is 2. The molecule has 4 N–H and O–H groups in total. The SMILES string of the molecule is Nc1nnc(SC2=C(C(=O)O)N3C(=O)[C@@H]4[C@H]3[C@H](C2)CN4C(=O)O)s1. The van der Waals surface area contributed by atoms with Gasteiger partial charge in [0.25, 0.3) is 5.91 Å². The summed E-state index contributed by atoms with van der Waals surface area (Å²) in [7, 11) is 0. The highest BCUT2D eigenvalue weighted by atomic mass is 32.2. The second kappa shape index (κ2) is 5.08. The predicted molar refractivity (Wildman–Crippen MR) is 82.1 cm³/mol. The molecule has 4 rings (SSSR count). The number of β-lactam (4-membered cyclic amide) rings is 1. The number of aromatic nitrogens is 2. The molecular formula is C12H11N5O5S2. The van der Waals surface area contributed by atoms with Crippen molar-refractivity contribution in [1.82, 2.24) is 20.0 Å². The van der Waals surface area contributed by atoms with Crippen LogP contribution in [0.3, 0.4) is 0 Å². The summed E-state index contributed by atoms with van der Waals surface area (Å²) in [5, 5.41) is 26.6. The van der Waals surface area contributed by atoms with E-state index in [-0.39, 0.29) is 23.3 Å². The van der Waals surface area contributed by atoms with Crippen molar-refractivity contribution in [3.8, 4) is 0 Å². The second-order valence-corrected chi connectivity index (χ2v) is 7.98. The Morgan fingerprint density at radius 3 is 2.67 bits per heavy atom. The Balaban J connectivity index is 1.71. The van der Waals surface area contributed by atoms with Gasteiger partial charge < -0.3 is 15.9 Å². The molecule has 0 bridgehead atoms. The quantitative estimate of drug-likeness (QED) is 0.630. The molecule has 1 aromatic heterocycles. The highest BCUT2D eigenvalue weighted by Crippen LogP contribution is 2.50. The largest absolute Gasteiger partial charge is 0.477 e. The van der Waals surface area contributed by atoms with E-state index >= 15 is 0 Å². The first-order chi connectivity index (χ1) is 11.4. The zero-order valence-corrected chi connectivity index (χ0v) is 13.6. The number of aliphatic carboxylic acids is 1. The molecule has 1 aromatic rings. The second-order valence-electron chi connectivity index (χ2n) is 5.63. The molecule has 10 nitrogen and oxygen atoms in total. The van der Waals surface area contributed by atoms with E-state index in [4.69, 9.17) is 5.73 Å². The molecule has 0 saturated carbocycles. The molecule has 4 heterocycles. The van der Waals surface area contributed by atoms with Gasteiger partial charge in [0.1, 0.15) is 11.7 Å². The van der Waals surface area contributed by atoms with Gasteiger partial charge in [-0.05, 0) is 6.42 Å². The summed E-state index contributed by atoms with van der Waals surface area (Å²) < 4.78 is 0.484. The van der Waals surface area contributed by atoms with Crippen LogP contribution in [0, 0.1) is 5.92 Å². The number of carboxylic acids is 1. The van der Waals surface area contributed by atoms with Crippen LogP contribution in [-0.4, -0.2) is 66.8 Å². The van der Waals surface area contributed by atoms with Gasteiger partial charge in [0.15, 0.2) is 4.34 Å². The molecule has 0 spiro atoms. The van der Waals surface area contributed by atoms with Gasteiger partial charge in [0.2, 0.25) is 5.13 Å². The van der Waals surface area contributed by atoms with Gasteiger partial charge in [-0.1, -0.05) is 23.1 Å². The fourth-order valence-corrected chi connectivity index (χ4v) is 5.48. The number of rotatable bonds is 3. The number of carbonyl (C=O) groups is 3. The van der Waals surface area contributed by atoms with E-state index in [2.05, 4.69) is 10.2 Å². The number of thioether (sulfide) groups is 1. The molecule has 0 aliphatic carbocycles. The van der Waals surface area contributed by atoms with E-state index < -0.39 is 30.1 Å². The molecule has 0 unspecified atom stereocenters. The number of hydrogen-bond acceptors (Lipinski definition) is 8. The van der Waals surface area contributed by atoms with Crippen molar-refractivity contribution < 1.29 is 24.6 Å². The van der Waals surface area contributed by atoms with Gasteiger partial charge in [-0.25, -0.2) is 9.59 Å². The van der Waals surface area contributed by atoms with Crippen molar-refractivity contribution in [3.63, 3.8) is 0 Å². The lowest BCUT2D eigenvalue weighted by Crippen LogP contribution is -2.69. The molecule has 2 amide bonds. The zero-order valence-electron chi connectivity index (χ0n) is 11.9. The highest BCUT2D eigenvalue weighted by Gasteiger charge is 2.64. The first kappa shape index (κ1) is 15.2. The first-order valence-electron chi connectivity index (χ1n) is 6.94. The molecule has 0 radical (unpaired) electrons. The molecular weight excluding hydrogens is 358 g/mol. The van der Waals surface area contributed by atoms with Crippen LogP contribution in [-0.2, 0) is 9.59 Å². The number of likely N-dealkylation sites (tertiary alicyclic amines) is 1. The maximum absolute atomic E-state index is 12.4. The minimum Gasteiger partial charge on any atom is -0.477 e. The molecule has 2 fully saturated rings. The lowest BCUT2D eigenvalue weighted by atomic mass is 9.82. The molecule has 3 aliphatic heterocycles. The van der Waals surface area contributed by atoms with Gasteiger partial charge in [0.05, 0.1) is 6.04 Å². The average Bonchev–Trinajstić information content (AvgIpc) is 3.07. The normalized spacial score (nSPS) is 28.0. The number of hydrogen-bond donors (Lipinski definition) is 3. The summed E-state index contributed by atoms with van der Waals surface area (Å²) in [6.07, 6.45) is -0.786. The van der Waals surface area contributed by atoms with Crippen molar-refractivity contribution in [2.75, 3.05) is 12.3 Å². The molecule has 3 aliphatic rings. The fourth-order valence-electron chi connectivity index (χ4n) is 3.55. The maximum Gasteiger partial charge on any atom is 0.408 e. The molecule has 2 saturated heterocycles. The van der Waals surface area contributed by atoms with E-state index in [1.54, 1.807) is 0 Å². The third-order valence-corrected chi connectivity index (χ3v) is 6.31. The predicted octanol–water partition coefficient (Wildman–Crippen LogP) is 0.101. The van der Waals surface area contributed by atoms with Gasteiger partial charge >= 0.3 is 12.1 Å². The lowest BCUT2D eigenvalue weighted by Gasteiger charge is -2.49. The van der Waals surface area contributed by atoms with Crippen LogP contribution in [0.5, 0.6) is 0 Å². The maximum atomic E-state index is 12.4. The first-order valence-corrected chi connectivity index (χ1v) is 8.57. The Kier molecular flexibility index (Phi) is 3.22. The molecule has 0 aromatic carbocycles. The Bertz CT molecular complexity index is 808. The van der Waals surface area contributed by atoms with E-state index in [0.29, 0.717) is 15.7 Å². The van der Waals surface area contributed by atoms with Crippen molar-refractivity contribution in [3.05, 3.63) is 10.6 Å². The van der Waals surface area contributed by atoms with Gasteiger partial charge in [0, 0.05) is 17.4 Å². The highest BCUT2D eigenvalue weighted by molar-refractivity contribution is 8.04. The fraction of sp³-hybridized carbons (Fsp3) is 0.417. The minimum atomic E-state index is -1.21. The number of nitrogens with two attached hydrogens (primary N) is 1. The third kappa shape index (κ3) is 1.99. The number of nitrogens with zero attached hydrogens (tertiary/aromatic N) is 4. The van der Waals surface area contributed by atoms with Crippen LogP contribution in [0.2, 0.25) is 0 Å². The average molecular weight is 369 g/mol. The van der Waals surface area contributed by atoms with Crippen LogP contribution in [0.25, 0.3) is 0 Å². The smallest absolute Gasteiger partial charge is 0.408 e. The van der Waals surface area contributed by atoms with Crippen LogP contribution < -0.4 is 5.73 Å². The molecule has 12 heteroatoms. The van der Waals surface area contributed by atoms with E-state index in [9.17, 15) is 24.6 Å². The third-order valence-electron chi connectivity index (χ3n) is 4.40. The van der Waals surface area contributed by atoms with E-state index in [0.717, 1.165) is 28.0 Å². The van der Waals surface area contributed by atoms with Crippen molar-refractivity contribution in [1.29, 1.82) is 0 Å². The molecule has 24 heavy (non-hydrogen) atoms. The molecule has 126 valence electrons. The Morgan fingerprint density at radius 1 is 1.33 bits per heavy atom. The Morgan fingerprint density at radius 2 is 2.08 bits per heavy atom. The summed E-state index contributed by atoms with van der Waals surface area (Å²) in [4.78, 5) is 38.1. The summed E-state index contributed by atoms with van der Waals surface area (Å²) in [5.41, 5.74) is 5.44. The molecule has 3 atom stereocenters. The van der Waals surface area contributed by atoms with Crippen LogP contribution in [0.15, 0.2) is 14.9 Å². The number of carbonyl (C=O) groups excluding carboxylic acids is 1. The topological polar surface area (TPSA) is 150 Å². The van der Waals surface area contributed by atoms with Gasteiger partial charge in [-0.15, -0.1) is 10.2 Å². The zero-order chi connectivity index (χ0) is 17.2. The van der Waals surface area contributed by atoms with Crippen molar-refractivity contribution >= 4 is 46.2 Å². The minimum absolute atomic E-state index is 0.0940. The van der Waals surface area contributed by atoms with Crippen LogP contribution in [0.1, 0.15) is 6.42 Å². The Labute approximate surface area is 142 Å². The van der Waals surface area contributed by atoms with Crippen molar-refractivity contribution in [2.24, 2.45) is 5.92 Å². The Hall–Kier alpha value is -2.34.